The maximum absolute atomic E-state index is 3.59. The van der Waals surface area contributed by atoms with Crippen molar-refractivity contribution >= 4 is 5.69 Å². The molecule has 0 fully saturated rings. The van der Waals surface area contributed by atoms with Gasteiger partial charge in [0.2, 0.25) is 0 Å². The Hall–Kier alpha value is -0.980. The van der Waals surface area contributed by atoms with Crippen molar-refractivity contribution in [1.29, 1.82) is 0 Å². The van der Waals surface area contributed by atoms with Gasteiger partial charge in [0.1, 0.15) is 0 Å². The van der Waals surface area contributed by atoms with E-state index in [4.69, 9.17) is 0 Å². The average Bonchev–Trinajstić information content (AvgIpc) is 2.05. The van der Waals surface area contributed by atoms with Crippen molar-refractivity contribution < 1.29 is 0 Å². The van der Waals surface area contributed by atoms with Gasteiger partial charge in [0.15, 0.2) is 0 Å². The first-order valence-electron chi connectivity index (χ1n) is 5.37. The summed E-state index contributed by atoms with van der Waals surface area (Å²) in [7, 11) is 0. The number of aryl methyl sites for hydroxylation is 1. The quantitative estimate of drug-likeness (QED) is 0.656. The second-order valence-corrected chi connectivity index (χ2v) is 5.20. The lowest BCUT2D eigenvalue weighted by atomic mass is 9.81. The van der Waals surface area contributed by atoms with Gasteiger partial charge in [-0.2, -0.15) is 0 Å². The van der Waals surface area contributed by atoms with Crippen LogP contribution in [0.4, 0.5) is 5.69 Å². The van der Waals surface area contributed by atoms with Crippen LogP contribution < -0.4 is 5.32 Å². The lowest BCUT2D eigenvalue weighted by Gasteiger charge is -2.37. The van der Waals surface area contributed by atoms with Gasteiger partial charge in [0, 0.05) is 11.2 Å². The van der Waals surface area contributed by atoms with Crippen molar-refractivity contribution in [1.82, 2.24) is 0 Å². The summed E-state index contributed by atoms with van der Waals surface area (Å²) in [5.74, 6) is 0.668. The van der Waals surface area contributed by atoms with E-state index in [1.807, 2.05) is 0 Å². The summed E-state index contributed by atoms with van der Waals surface area (Å²) < 4.78 is 0. The Balaban J connectivity index is 2.45. The van der Waals surface area contributed by atoms with E-state index in [2.05, 4.69) is 51.2 Å². The maximum atomic E-state index is 3.59. The van der Waals surface area contributed by atoms with Gasteiger partial charge in [-0.15, -0.1) is 0 Å². The van der Waals surface area contributed by atoms with Crippen LogP contribution in [0.2, 0.25) is 0 Å². The predicted octanol–water partition coefficient (Wildman–Crippen LogP) is 3.69. The van der Waals surface area contributed by atoms with E-state index in [-0.39, 0.29) is 5.54 Å². The second kappa shape index (κ2) is 3.01. The van der Waals surface area contributed by atoms with Gasteiger partial charge in [-0.25, -0.2) is 0 Å². The van der Waals surface area contributed by atoms with Gasteiger partial charge in [-0.05, 0) is 44.7 Å². The first-order chi connectivity index (χ1) is 6.48. The second-order valence-electron chi connectivity index (χ2n) is 5.20. The number of hydrogen-bond donors (Lipinski definition) is 1. The van der Waals surface area contributed by atoms with E-state index in [1.165, 1.54) is 23.2 Å². The Morgan fingerprint density at radius 2 is 2.07 bits per heavy atom. The van der Waals surface area contributed by atoms with Gasteiger partial charge in [-0.3, -0.25) is 0 Å². The Morgan fingerprint density at radius 1 is 1.36 bits per heavy atom. The molecular formula is C13H19N. The topological polar surface area (TPSA) is 12.0 Å². The SMILES string of the molecule is Cc1ccc2c(c1)[C@@H](C)CC(C)(C)N2. The molecule has 14 heavy (non-hydrogen) atoms. The highest BCUT2D eigenvalue weighted by Gasteiger charge is 2.28. The number of benzene rings is 1. The molecule has 1 aromatic carbocycles. The molecule has 1 aliphatic rings. The summed E-state index contributed by atoms with van der Waals surface area (Å²) in [6.07, 6.45) is 1.21. The Bertz CT molecular complexity index is 352. The highest BCUT2D eigenvalue weighted by atomic mass is 15.0. The number of fused-ring (bicyclic) bond motifs is 1. The summed E-state index contributed by atoms with van der Waals surface area (Å²) in [4.78, 5) is 0. The molecule has 0 saturated heterocycles. The molecule has 1 nitrogen and oxygen atoms in total. The summed E-state index contributed by atoms with van der Waals surface area (Å²) in [5.41, 5.74) is 4.39. The van der Waals surface area contributed by atoms with Crippen molar-refractivity contribution in [2.75, 3.05) is 5.32 Å². The fraction of sp³-hybridized carbons (Fsp3) is 0.538. The average molecular weight is 189 g/mol. The Kier molecular flexibility index (Phi) is 2.06. The smallest absolute Gasteiger partial charge is 0.0379 e. The normalized spacial score (nSPS) is 23.9. The fourth-order valence-corrected chi connectivity index (χ4v) is 2.49. The van der Waals surface area contributed by atoms with Crippen LogP contribution in [0.15, 0.2) is 18.2 Å². The number of hydrogen-bond acceptors (Lipinski definition) is 1. The molecule has 0 aliphatic carbocycles. The van der Waals surface area contributed by atoms with Crippen LogP contribution >= 0.6 is 0 Å². The highest BCUT2D eigenvalue weighted by molar-refractivity contribution is 5.57. The molecule has 1 heteroatoms. The van der Waals surface area contributed by atoms with Crippen LogP contribution in [0.3, 0.4) is 0 Å². The van der Waals surface area contributed by atoms with Crippen LogP contribution in [-0.4, -0.2) is 5.54 Å². The molecule has 1 aliphatic heterocycles. The zero-order valence-electron chi connectivity index (χ0n) is 9.52. The Morgan fingerprint density at radius 3 is 2.79 bits per heavy atom. The molecule has 1 heterocycles. The fourth-order valence-electron chi connectivity index (χ4n) is 2.49. The van der Waals surface area contributed by atoms with Gasteiger partial charge >= 0.3 is 0 Å². The maximum Gasteiger partial charge on any atom is 0.0379 e. The third-order valence-corrected chi connectivity index (χ3v) is 3.03. The summed E-state index contributed by atoms with van der Waals surface area (Å²) >= 11 is 0. The van der Waals surface area contributed by atoms with Crippen molar-refractivity contribution in [2.45, 2.75) is 45.6 Å². The summed E-state index contributed by atoms with van der Waals surface area (Å²) in [6.45, 7) is 9.02. The van der Waals surface area contributed by atoms with Gasteiger partial charge in [0.05, 0.1) is 0 Å². The van der Waals surface area contributed by atoms with Crippen molar-refractivity contribution in [3.05, 3.63) is 29.3 Å². The third kappa shape index (κ3) is 1.63. The minimum atomic E-state index is 0.238. The first kappa shape index (κ1) is 9.57. The van der Waals surface area contributed by atoms with Crippen LogP contribution in [0, 0.1) is 6.92 Å². The van der Waals surface area contributed by atoms with Crippen LogP contribution in [0.5, 0.6) is 0 Å². The van der Waals surface area contributed by atoms with E-state index in [9.17, 15) is 0 Å². The molecule has 1 N–H and O–H groups in total. The van der Waals surface area contributed by atoms with E-state index in [1.54, 1.807) is 0 Å². The monoisotopic (exact) mass is 189 g/mol. The third-order valence-electron chi connectivity index (χ3n) is 3.03. The molecular weight excluding hydrogens is 170 g/mol. The largest absolute Gasteiger partial charge is 0.380 e. The Labute approximate surface area is 86.5 Å². The minimum absolute atomic E-state index is 0.238. The summed E-state index contributed by atoms with van der Waals surface area (Å²) in [5, 5.41) is 3.59. The molecule has 0 radical (unpaired) electrons. The molecule has 1 aromatic rings. The standard InChI is InChI=1S/C13H19N/c1-9-5-6-12-11(7-9)10(2)8-13(3,4)14-12/h5-7,10,14H,8H2,1-4H3/t10-/m0/s1. The van der Waals surface area contributed by atoms with Gasteiger partial charge in [-0.1, -0.05) is 24.6 Å². The number of anilines is 1. The molecule has 0 aromatic heterocycles. The van der Waals surface area contributed by atoms with Crippen molar-refractivity contribution in [2.24, 2.45) is 0 Å². The van der Waals surface area contributed by atoms with Gasteiger partial charge < -0.3 is 5.32 Å². The molecule has 0 unspecified atom stereocenters. The zero-order valence-corrected chi connectivity index (χ0v) is 9.52. The predicted molar refractivity (Wildman–Crippen MR) is 61.9 cm³/mol. The molecule has 0 bridgehead atoms. The molecule has 0 amide bonds. The molecule has 2 rings (SSSR count). The zero-order chi connectivity index (χ0) is 10.3. The molecule has 1 atom stereocenters. The van der Waals surface area contributed by atoms with E-state index < -0.39 is 0 Å². The van der Waals surface area contributed by atoms with E-state index >= 15 is 0 Å². The molecule has 0 spiro atoms. The van der Waals surface area contributed by atoms with E-state index in [0.717, 1.165) is 0 Å². The van der Waals surface area contributed by atoms with E-state index in [0.29, 0.717) is 5.92 Å². The van der Waals surface area contributed by atoms with Crippen molar-refractivity contribution in [3.63, 3.8) is 0 Å². The van der Waals surface area contributed by atoms with Crippen molar-refractivity contribution in [3.8, 4) is 0 Å². The van der Waals surface area contributed by atoms with Gasteiger partial charge in [0.25, 0.3) is 0 Å². The van der Waals surface area contributed by atoms with Crippen LogP contribution in [0.25, 0.3) is 0 Å². The molecule has 0 saturated carbocycles. The number of nitrogens with one attached hydrogen (secondary N) is 1. The van der Waals surface area contributed by atoms with Crippen LogP contribution in [0.1, 0.15) is 44.2 Å². The first-order valence-corrected chi connectivity index (χ1v) is 5.37. The number of rotatable bonds is 0. The summed E-state index contributed by atoms with van der Waals surface area (Å²) in [6, 6.07) is 6.70. The highest BCUT2D eigenvalue weighted by Crippen LogP contribution is 2.38. The molecule has 76 valence electrons. The lowest BCUT2D eigenvalue weighted by molar-refractivity contribution is 0.454. The lowest BCUT2D eigenvalue weighted by Crippen LogP contribution is -2.36. The van der Waals surface area contributed by atoms with Crippen LogP contribution in [-0.2, 0) is 0 Å². The minimum Gasteiger partial charge on any atom is -0.380 e.